The van der Waals surface area contributed by atoms with Crippen molar-refractivity contribution in [2.75, 3.05) is 38.1 Å². The normalized spacial score (nSPS) is 17.2. The van der Waals surface area contributed by atoms with E-state index in [9.17, 15) is 9.90 Å². The standard InChI is InChI=1S/C17H25N5O2/c1-20(16(23)5-8-18)13-17(24)6-10-21(11-7-17)15-4-2-3-14-19-9-12-22(14)15/h2-4,9,12,24H,5-8,10-11,13,18H2,1H3. The number of fused-ring (bicyclic) bond motifs is 1. The molecule has 3 rings (SSSR count). The van der Waals surface area contributed by atoms with Crippen LogP contribution in [0.2, 0.25) is 0 Å². The van der Waals surface area contributed by atoms with Crippen LogP contribution in [0.3, 0.4) is 0 Å². The Kier molecular flexibility index (Phi) is 4.73. The third-order valence-electron chi connectivity index (χ3n) is 4.74. The summed E-state index contributed by atoms with van der Waals surface area (Å²) in [5.41, 5.74) is 5.51. The van der Waals surface area contributed by atoms with Crippen LogP contribution in [0.25, 0.3) is 5.65 Å². The fourth-order valence-corrected chi connectivity index (χ4v) is 3.34. The number of likely N-dealkylation sites (N-methyl/N-ethyl adjacent to an activating group) is 1. The van der Waals surface area contributed by atoms with E-state index in [0.29, 0.717) is 32.4 Å². The monoisotopic (exact) mass is 331 g/mol. The van der Waals surface area contributed by atoms with Crippen LogP contribution >= 0.6 is 0 Å². The third-order valence-corrected chi connectivity index (χ3v) is 4.74. The third kappa shape index (κ3) is 3.37. The number of hydrogen-bond donors (Lipinski definition) is 2. The van der Waals surface area contributed by atoms with Crippen molar-refractivity contribution in [3.8, 4) is 0 Å². The van der Waals surface area contributed by atoms with Gasteiger partial charge in [0, 0.05) is 52.0 Å². The number of piperidine rings is 1. The maximum Gasteiger partial charge on any atom is 0.223 e. The molecule has 7 nitrogen and oxygen atoms in total. The highest BCUT2D eigenvalue weighted by Gasteiger charge is 2.34. The van der Waals surface area contributed by atoms with Gasteiger partial charge < -0.3 is 20.6 Å². The first-order valence-electron chi connectivity index (χ1n) is 8.36. The summed E-state index contributed by atoms with van der Waals surface area (Å²) in [5, 5.41) is 10.8. The van der Waals surface area contributed by atoms with Gasteiger partial charge in [-0.15, -0.1) is 0 Å². The van der Waals surface area contributed by atoms with Crippen molar-refractivity contribution in [1.29, 1.82) is 0 Å². The highest BCUT2D eigenvalue weighted by molar-refractivity contribution is 5.76. The molecule has 1 aliphatic heterocycles. The van der Waals surface area contributed by atoms with Gasteiger partial charge in [-0.05, 0) is 25.0 Å². The fraction of sp³-hybridized carbons (Fsp3) is 0.529. The number of nitrogens with zero attached hydrogens (tertiary/aromatic N) is 4. The first-order chi connectivity index (χ1) is 11.5. The number of rotatable bonds is 5. The summed E-state index contributed by atoms with van der Waals surface area (Å²) in [5.74, 6) is 1.07. The second-order valence-electron chi connectivity index (χ2n) is 6.54. The molecule has 1 fully saturated rings. The summed E-state index contributed by atoms with van der Waals surface area (Å²) in [6.07, 6.45) is 5.31. The van der Waals surface area contributed by atoms with Gasteiger partial charge in [-0.1, -0.05) is 6.07 Å². The van der Waals surface area contributed by atoms with Gasteiger partial charge in [0.15, 0.2) is 0 Å². The number of amides is 1. The zero-order valence-electron chi connectivity index (χ0n) is 14.1. The minimum Gasteiger partial charge on any atom is -0.388 e. The molecule has 3 N–H and O–H groups in total. The highest BCUT2D eigenvalue weighted by Crippen LogP contribution is 2.27. The SMILES string of the molecule is CN(CC1(O)CCN(c2cccc3nccn23)CC1)C(=O)CCN. The Morgan fingerprint density at radius 1 is 1.42 bits per heavy atom. The number of imidazole rings is 1. The molecule has 0 aliphatic carbocycles. The van der Waals surface area contributed by atoms with Crippen LogP contribution in [0.15, 0.2) is 30.6 Å². The molecule has 1 amide bonds. The Balaban J connectivity index is 1.65. The Morgan fingerprint density at radius 3 is 2.88 bits per heavy atom. The van der Waals surface area contributed by atoms with E-state index >= 15 is 0 Å². The molecule has 0 atom stereocenters. The zero-order valence-corrected chi connectivity index (χ0v) is 14.1. The first-order valence-corrected chi connectivity index (χ1v) is 8.36. The van der Waals surface area contributed by atoms with Gasteiger partial charge in [-0.25, -0.2) is 4.98 Å². The molecule has 2 aromatic heterocycles. The van der Waals surface area contributed by atoms with Crippen molar-refractivity contribution >= 4 is 17.4 Å². The number of nitrogens with two attached hydrogens (primary N) is 1. The Hall–Kier alpha value is -2.12. The van der Waals surface area contributed by atoms with E-state index < -0.39 is 5.60 Å². The van der Waals surface area contributed by atoms with Crippen LogP contribution in [0.1, 0.15) is 19.3 Å². The predicted molar refractivity (Wildman–Crippen MR) is 92.9 cm³/mol. The molecule has 1 aliphatic rings. The van der Waals surface area contributed by atoms with Crippen molar-refractivity contribution in [2.24, 2.45) is 5.73 Å². The number of hydrogen-bond acceptors (Lipinski definition) is 5. The lowest BCUT2D eigenvalue weighted by atomic mass is 9.90. The van der Waals surface area contributed by atoms with Crippen LogP contribution in [0.4, 0.5) is 5.82 Å². The summed E-state index contributed by atoms with van der Waals surface area (Å²) in [4.78, 5) is 20.0. The molecule has 7 heteroatoms. The number of aliphatic hydroxyl groups is 1. The van der Waals surface area contributed by atoms with Crippen molar-refractivity contribution < 1.29 is 9.90 Å². The summed E-state index contributed by atoms with van der Waals surface area (Å²) >= 11 is 0. The van der Waals surface area contributed by atoms with Crippen molar-refractivity contribution in [2.45, 2.75) is 24.9 Å². The lowest BCUT2D eigenvalue weighted by molar-refractivity contribution is -0.133. The molecule has 1 saturated heterocycles. The van der Waals surface area contributed by atoms with Gasteiger partial charge in [-0.3, -0.25) is 9.20 Å². The van der Waals surface area contributed by atoms with Crippen LogP contribution in [0.5, 0.6) is 0 Å². The Labute approximate surface area is 141 Å². The summed E-state index contributed by atoms with van der Waals surface area (Å²) in [6, 6.07) is 6.04. The number of pyridine rings is 1. The maximum absolute atomic E-state index is 11.9. The molecular weight excluding hydrogens is 306 g/mol. The van der Waals surface area contributed by atoms with Gasteiger partial charge in [-0.2, -0.15) is 0 Å². The average molecular weight is 331 g/mol. The van der Waals surface area contributed by atoms with Crippen LogP contribution < -0.4 is 10.6 Å². The largest absolute Gasteiger partial charge is 0.388 e. The molecule has 0 spiro atoms. The number of carbonyl (C=O) groups excluding carboxylic acids is 1. The predicted octanol–water partition coefficient (Wildman–Crippen LogP) is 0.473. The van der Waals surface area contributed by atoms with Crippen LogP contribution in [0, 0.1) is 0 Å². The zero-order chi connectivity index (χ0) is 17.2. The van der Waals surface area contributed by atoms with Crippen LogP contribution in [-0.4, -0.2) is 64.1 Å². The molecule has 0 radical (unpaired) electrons. The topological polar surface area (TPSA) is 87.1 Å². The Bertz CT molecular complexity index is 706. The van der Waals surface area contributed by atoms with Crippen LogP contribution in [-0.2, 0) is 4.79 Å². The van der Waals surface area contributed by atoms with E-state index in [1.165, 1.54) is 0 Å². The smallest absolute Gasteiger partial charge is 0.223 e. The second kappa shape index (κ2) is 6.78. The molecule has 130 valence electrons. The molecule has 0 saturated carbocycles. The fourth-order valence-electron chi connectivity index (χ4n) is 3.34. The van der Waals surface area contributed by atoms with E-state index in [0.717, 1.165) is 24.6 Å². The summed E-state index contributed by atoms with van der Waals surface area (Å²) in [6.45, 7) is 2.18. The number of aromatic nitrogens is 2. The molecule has 2 aromatic rings. The Morgan fingerprint density at radius 2 is 2.17 bits per heavy atom. The second-order valence-corrected chi connectivity index (χ2v) is 6.54. The number of anilines is 1. The highest BCUT2D eigenvalue weighted by atomic mass is 16.3. The molecule has 0 aromatic carbocycles. The molecular formula is C17H25N5O2. The number of carbonyl (C=O) groups is 1. The average Bonchev–Trinajstić information content (AvgIpc) is 3.04. The van der Waals surface area contributed by atoms with E-state index in [4.69, 9.17) is 5.73 Å². The first kappa shape index (κ1) is 16.7. The molecule has 0 bridgehead atoms. The van der Waals surface area contributed by atoms with E-state index in [1.807, 2.05) is 18.3 Å². The lowest BCUT2D eigenvalue weighted by Gasteiger charge is -2.41. The lowest BCUT2D eigenvalue weighted by Crippen LogP contribution is -2.51. The maximum atomic E-state index is 11.9. The van der Waals surface area contributed by atoms with Gasteiger partial charge in [0.05, 0.1) is 5.60 Å². The van der Waals surface area contributed by atoms with E-state index in [2.05, 4.69) is 20.4 Å². The molecule has 0 unspecified atom stereocenters. The van der Waals surface area contributed by atoms with E-state index in [-0.39, 0.29) is 5.91 Å². The minimum absolute atomic E-state index is 0.0171. The van der Waals surface area contributed by atoms with Gasteiger partial charge in [0.25, 0.3) is 0 Å². The molecule has 24 heavy (non-hydrogen) atoms. The quantitative estimate of drug-likeness (QED) is 0.832. The van der Waals surface area contributed by atoms with Gasteiger partial charge >= 0.3 is 0 Å². The summed E-state index contributed by atoms with van der Waals surface area (Å²) in [7, 11) is 1.73. The van der Waals surface area contributed by atoms with Gasteiger partial charge in [0.1, 0.15) is 11.5 Å². The van der Waals surface area contributed by atoms with Crippen molar-refractivity contribution in [3.63, 3.8) is 0 Å². The van der Waals surface area contributed by atoms with Gasteiger partial charge in [0.2, 0.25) is 5.91 Å². The van der Waals surface area contributed by atoms with Crippen molar-refractivity contribution in [3.05, 3.63) is 30.6 Å². The minimum atomic E-state index is -0.835. The summed E-state index contributed by atoms with van der Waals surface area (Å²) < 4.78 is 2.06. The molecule has 3 heterocycles. The van der Waals surface area contributed by atoms with Crippen molar-refractivity contribution in [1.82, 2.24) is 14.3 Å². The van der Waals surface area contributed by atoms with E-state index in [1.54, 1.807) is 18.1 Å².